The van der Waals surface area contributed by atoms with Gasteiger partial charge in [0.2, 0.25) is 0 Å². The Kier molecular flexibility index (Phi) is 2.99. The highest BCUT2D eigenvalue weighted by Crippen LogP contribution is 2.22. The van der Waals surface area contributed by atoms with E-state index >= 15 is 0 Å². The summed E-state index contributed by atoms with van der Waals surface area (Å²) in [5, 5.41) is 6.24. The van der Waals surface area contributed by atoms with Gasteiger partial charge in [-0.2, -0.15) is 0 Å². The van der Waals surface area contributed by atoms with Gasteiger partial charge < -0.3 is 15.2 Å². The summed E-state index contributed by atoms with van der Waals surface area (Å²) in [6.45, 7) is 1.53. The van der Waals surface area contributed by atoms with Crippen LogP contribution in [0.2, 0.25) is 0 Å². The van der Waals surface area contributed by atoms with Crippen LogP contribution in [0.25, 0.3) is 0 Å². The minimum Gasteiger partial charge on any atom is -0.384 e. The number of carbonyl (C=O) groups excluding carboxylic acids is 1. The predicted molar refractivity (Wildman–Crippen MR) is 75.2 cm³/mol. The maximum absolute atomic E-state index is 12.1. The number of hydrogen-bond acceptors (Lipinski definition) is 2. The molecule has 1 aliphatic rings. The second-order valence-corrected chi connectivity index (χ2v) is 4.92. The Morgan fingerprint density at radius 2 is 2.32 bits per heavy atom. The lowest BCUT2D eigenvalue weighted by Crippen LogP contribution is -2.22. The van der Waals surface area contributed by atoms with E-state index in [-0.39, 0.29) is 5.91 Å². The van der Waals surface area contributed by atoms with Crippen LogP contribution in [0.1, 0.15) is 21.5 Å². The number of rotatable bonds is 3. The molecule has 0 spiro atoms. The molecule has 0 saturated carbocycles. The standard InChI is InChI=1S/C15H17N3O/c1-18-7-5-11(10-18)9-17-15(19)13-2-3-14-12(8-13)4-6-16-14/h2-3,5,7-8,10,16H,4,6,9H2,1H3,(H,17,19). The fourth-order valence-corrected chi connectivity index (χ4v) is 2.40. The molecule has 0 aliphatic carbocycles. The number of aryl methyl sites for hydroxylation is 1. The van der Waals surface area contributed by atoms with E-state index in [2.05, 4.69) is 10.6 Å². The molecule has 0 fully saturated rings. The zero-order valence-electron chi connectivity index (χ0n) is 10.9. The van der Waals surface area contributed by atoms with Crippen molar-refractivity contribution in [1.82, 2.24) is 9.88 Å². The second kappa shape index (κ2) is 4.80. The van der Waals surface area contributed by atoms with Crippen molar-refractivity contribution in [2.75, 3.05) is 11.9 Å². The lowest BCUT2D eigenvalue weighted by Gasteiger charge is -2.06. The van der Waals surface area contributed by atoms with Gasteiger partial charge in [-0.15, -0.1) is 0 Å². The first-order valence-corrected chi connectivity index (χ1v) is 6.48. The van der Waals surface area contributed by atoms with Crippen LogP contribution >= 0.6 is 0 Å². The largest absolute Gasteiger partial charge is 0.384 e. The molecule has 2 heterocycles. The minimum atomic E-state index is -0.0152. The Morgan fingerprint density at radius 1 is 1.42 bits per heavy atom. The zero-order chi connectivity index (χ0) is 13.2. The van der Waals surface area contributed by atoms with Gasteiger partial charge in [0.1, 0.15) is 0 Å². The molecule has 3 rings (SSSR count). The van der Waals surface area contributed by atoms with Crippen LogP contribution in [-0.4, -0.2) is 17.0 Å². The molecule has 1 aliphatic heterocycles. The van der Waals surface area contributed by atoms with Crippen LogP contribution in [0.3, 0.4) is 0 Å². The van der Waals surface area contributed by atoms with Gasteiger partial charge >= 0.3 is 0 Å². The SMILES string of the molecule is Cn1ccc(CNC(=O)c2ccc3c(c2)CCN3)c1. The van der Waals surface area contributed by atoms with Gasteiger partial charge in [-0.05, 0) is 41.8 Å². The minimum absolute atomic E-state index is 0.0152. The summed E-state index contributed by atoms with van der Waals surface area (Å²) >= 11 is 0. The van der Waals surface area contributed by atoms with Crippen molar-refractivity contribution in [3.63, 3.8) is 0 Å². The molecule has 1 amide bonds. The monoisotopic (exact) mass is 255 g/mol. The molecule has 4 heteroatoms. The van der Waals surface area contributed by atoms with Gasteiger partial charge in [0.25, 0.3) is 5.91 Å². The van der Waals surface area contributed by atoms with Crippen molar-refractivity contribution in [2.45, 2.75) is 13.0 Å². The van der Waals surface area contributed by atoms with Crippen molar-refractivity contribution in [2.24, 2.45) is 7.05 Å². The maximum Gasteiger partial charge on any atom is 0.251 e. The number of aromatic nitrogens is 1. The molecule has 4 nitrogen and oxygen atoms in total. The van der Waals surface area contributed by atoms with E-state index in [1.165, 1.54) is 5.56 Å². The van der Waals surface area contributed by atoms with Crippen molar-refractivity contribution in [3.05, 3.63) is 53.3 Å². The van der Waals surface area contributed by atoms with E-state index in [9.17, 15) is 4.79 Å². The number of amides is 1. The lowest BCUT2D eigenvalue weighted by atomic mass is 10.1. The van der Waals surface area contributed by atoms with E-state index in [0.29, 0.717) is 6.54 Å². The summed E-state index contributed by atoms with van der Waals surface area (Å²) in [6, 6.07) is 7.85. The highest BCUT2D eigenvalue weighted by molar-refractivity contribution is 5.95. The van der Waals surface area contributed by atoms with Gasteiger partial charge in [-0.1, -0.05) is 0 Å². The number of benzene rings is 1. The molecule has 0 saturated heterocycles. The number of nitrogens with zero attached hydrogens (tertiary/aromatic N) is 1. The van der Waals surface area contributed by atoms with Gasteiger partial charge in [0.05, 0.1) is 0 Å². The molecule has 0 unspecified atom stereocenters. The molecule has 0 bridgehead atoms. The van der Waals surface area contributed by atoms with Crippen molar-refractivity contribution >= 4 is 11.6 Å². The Bertz CT molecular complexity index is 616. The Labute approximate surface area is 112 Å². The highest BCUT2D eigenvalue weighted by atomic mass is 16.1. The van der Waals surface area contributed by atoms with E-state index in [0.717, 1.165) is 29.8 Å². The third kappa shape index (κ3) is 2.47. The molecule has 2 N–H and O–H groups in total. The highest BCUT2D eigenvalue weighted by Gasteiger charge is 2.13. The van der Waals surface area contributed by atoms with E-state index in [1.807, 2.05) is 48.3 Å². The number of anilines is 1. The lowest BCUT2D eigenvalue weighted by molar-refractivity contribution is 0.0951. The Hall–Kier alpha value is -2.23. The number of carbonyl (C=O) groups is 1. The fraction of sp³-hybridized carbons (Fsp3) is 0.267. The maximum atomic E-state index is 12.1. The normalized spacial score (nSPS) is 12.9. The third-order valence-corrected chi connectivity index (χ3v) is 3.42. The van der Waals surface area contributed by atoms with Crippen LogP contribution in [-0.2, 0) is 20.0 Å². The van der Waals surface area contributed by atoms with Gasteiger partial charge in [-0.25, -0.2) is 0 Å². The Balaban J connectivity index is 1.67. The van der Waals surface area contributed by atoms with Crippen LogP contribution in [0, 0.1) is 0 Å². The smallest absolute Gasteiger partial charge is 0.251 e. The first-order chi connectivity index (χ1) is 9.22. The van der Waals surface area contributed by atoms with Crippen LogP contribution in [0.5, 0.6) is 0 Å². The molecule has 98 valence electrons. The molecule has 1 aromatic carbocycles. The number of nitrogens with one attached hydrogen (secondary N) is 2. The van der Waals surface area contributed by atoms with Gasteiger partial charge in [0.15, 0.2) is 0 Å². The summed E-state index contributed by atoms with van der Waals surface area (Å²) in [4.78, 5) is 12.1. The quantitative estimate of drug-likeness (QED) is 0.880. The van der Waals surface area contributed by atoms with Gasteiger partial charge in [-0.3, -0.25) is 4.79 Å². The molecule has 0 radical (unpaired) electrons. The number of hydrogen-bond donors (Lipinski definition) is 2. The third-order valence-electron chi connectivity index (χ3n) is 3.42. The molecular formula is C15H17N3O. The summed E-state index contributed by atoms with van der Waals surface area (Å²) in [6.07, 6.45) is 4.98. The fourth-order valence-electron chi connectivity index (χ4n) is 2.40. The molecule has 2 aromatic rings. The van der Waals surface area contributed by atoms with Crippen LogP contribution in [0.4, 0.5) is 5.69 Å². The van der Waals surface area contributed by atoms with Crippen LogP contribution < -0.4 is 10.6 Å². The average Bonchev–Trinajstić information content (AvgIpc) is 3.03. The van der Waals surface area contributed by atoms with Crippen LogP contribution in [0.15, 0.2) is 36.7 Å². The van der Waals surface area contributed by atoms with E-state index in [1.54, 1.807) is 0 Å². The predicted octanol–water partition coefficient (Wildman–Crippen LogP) is 1.92. The van der Waals surface area contributed by atoms with Gasteiger partial charge in [0, 0.05) is 43.8 Å². The van der Waals surface area contributed by atoms with E-state index in [4.69, 9.17) is 0 Å². The molecule has 19 heavy (non-hydrogen) atoms. The van der Waals surface area contributed by atoms with E-state index < -0.39 is 0 Å². The first-order valence-electron chi connectivity index (χ1n) is 6.48. The zero-order valence-corrected chi connectivity index (χ0v) is 10.9. The Morgan fingerprint density at radius 3 is 3.11 bits per heavy atom. The van der Waals surface area contributed by atoms with Crippen molar-refractivity contribution in [1.29, 1.82) is 0 Å². The second-order valence-electron chi connectivity index (χ2n) is 4.92. The summed E-state index contributed by atoms with van der Waals surface area (Å²) < 4.78 is 1.97. The van der Waals surface area contributed by atoms with Crippen molar-refractivity contribution in [3.8, 4) is 0 Å². The topological polar surface area (TPSA) is 46.1 Å². The molecular weight excluding hydrogens is 238 g/mol. The molecule has 0 atom stereocenters. The molecule has 1 aromatic heterocycles. The summed E-state index contributed by atoms with van der Waals surface area (Å²) in [5.74, 6) is -0.0152. The summed E-state index contributed by atoms with van der Waals surface area (Å²) in [7, 11) is 1.97. The average molecular weight is 255 g/mol. The van der Waals surface area contributed by atoms with Crippen molar-refractivity contribution < 1.29 is 4.79 Å². The summed E-state index contributed by atoms with van der Waals surface area (Å²) in [5.41, 5.74) is 4.23. The number of fused-ring (bicyclic) bond motifs is 1. The first kappa shape index (κ1) is 11.8.